The fraction of sp³-hybridized carbons (Fsp3) is 0.400. The van der Waals surface area contributed by atoms with Gasteiger partial charge in [0.2, 0.25) is 0 Å². The molecule has 1 aromatic carbocycles. The summed E-state index contributed by atoms with van der Waals surface area (Å²) >= 11 is 6.00. The normalized spacial score (nSPS) is 15.0. The van der Waals surface area contributed by atoms with Crippen LogP contribution < -0.4 is 0 Å². The molecule has 0 saturated heterocycles. The van der Waals surface area contributed by atoms with Gasteiger partial charge in [-0.3, -0.25) is 4.68 Å². The van der Waals surface area contributed by atoms with Gasteiger partial charge in [0.15, 0.2) is 0 Å². The number of halogens is 1. The Balaban J connectivity index is 1.93. The Hall–Kier alpha value is -1.28. The van der Waals surface area contributed by atoms with Crippen LogP contribution >= 0.6 is 11.6 Å². The number of rotatable bonds is 4. The molecular weight excluding hydrogens is 244 g/mol. The minimum atomic E-state index is 0.569. The van der Waals surface area contributed by atoms with Gasteiger partial charge in [-0.1, -0.05) is 24.3 Å². The molecule has 0 amide bonds. The Morgan fingerprint density at radius 2 is 2.06 bits per heavy atom. The third kappa shape index (κ3) is 2.17. The summed E-state index contributed by atoms with van der Waals surface area (Å²) in [7, 11) is 0. The predicted molar refractivity (Wildman–Crippen MR) is 74.0 cm³/mol. The van der Waals surface area contributed by atoms with Crippen LogP contribution in [0.2, 0.25) is 0 Å². The Kier molecular flexibility index (Phi) is 3.13. The molecule has 0 N–H and O–H groups in total. The molecule has 3 rings (SSSR count). The van der Waals surface area contributed by atoms with Crippen molar-refractivity contribution in [3.8, 4) is 0 Å². The summed E-state index contributed by atoms with van der Waals surface area (Å²) in [5.74, 6) is 1.25. The van der Waals surface area contributed by atoms with Gasteiger partial charge in [-0.2, -0.15) is 5.10 Å². The summed E-state index contributed by atoms with van der Waals surface area (Å²) in [5, 5.41) is 4.52. The molecule has 1 aromatic heterocycles. The third-order valence-corrected chi connectivity index (χ3v) is 3.94. The number of aromatic nitrogens is 2. The minimum Gasteiger partial charge on any atom is -0.265 e. The fourth-order valence-electron chi connectivity index (χ4n) is 2.44. The van der Waals surface area contributed by atoms with E-state index in [2.05, 4.69) is 41.0 Å². The summed E-state index contributed by atoms with van der Waals surface area (Å²) in [5.41, 5.74) is 5.21. The van der Waals surface area contributed by atoms with Crippen LogP contribution in [-0.4, -0.2) is 9.78 Å². The first-order valence-electron chi connectivity index (χ1n) is 6.44. The van der Waals surface area contributed by atoms with E-state index >= 15 is 0 Å². The average molecular weight is 261 g/mol. The van der Waals surface area contributed by atoms with Gasteiger partial charge in [-0.15, -0.1) is 11.6 Å². The van der Waals surface area contributed by atoms with E-state index in [1.54, 1.807) is 0 Å². The summed E-state index contributed by atoms with van der Waals surface area (Å²) in [4.78, 5) is 0. The number of aryl methyl sites for hydroxylation is 1. The van der Waals surface area contributed by atoms with Gasteiger partial charge >= 0.3 is 0 Å². The molecule has 94 valence electrons. The first kappa shape index (κ1) is 11.8. The van der Waals surface area contributed by atoms with E-state index in [-0.39, 0.29) is 0 Å². The van der Waals surface area contributed by atoms with E-state index in [0.29, 0.717) is 11.8 Å². The summed E-state index contributed by atoms with van der Waals surface area (Å²) < 4.78 is 2.14. The number of hydrogen-bond donors (Lipinski definition) is 0. The van der Waals surface area contributed by atoms with E-state index in [0.717, 1.165) is 6.54 Å². The quantitative estimate of drug-likeness (QED) is 0.764. The van der Waals surface area contributed by atoms with Crippen LogP contribution in [0, 0.1) is 6.92 Å². The van der Waals surface area contributed by atoms with Crippen LogP contribution in [0.15, 0.2) is 30.5 Å². The van der Waals surface area contributed by atoms with Gasteiger partial charge in [0.25, 0.3) is 0 Å². The van der Waals surface area contributed by atoms with Crippen LogP contribution in [0.1, 0.15) is 41.1 Å². The van der Waals surface area contributed by atoms with Crippen molar-refractivity contribution in [3.63, 3.8) is 0 Å². The van der Waals surface area contributed by atoms with E-state index < -0.39 is 0 Å². The molecule has 1 aliphatic carbocycles. The second-order valence-corrected chi connectivity index (χ2v) is 5.31. The molecule has 0 aliphatic heterocycles. The zero-order valence-corrected chi connectivity index (χ0v) is 11.3. The highest BCUT2D eigenvalue weighted by atomic mass is 35.5. The van der Waals surface area contributed by atoms with Crippen molar-refractivity contribution in [1.29, 1.82) is 0 Å². The largest absolute Gasteiger partial charge is 0.265 e. The highest BCUT2D eigenvalue weighted by Gasteiger charge is 2.29. The lowest BCUT2D eigenvalue weighted by Gasteiger charge is -2.10. The van der Waals surface area contributed by atoms with Crippen LogP contribution in [0.25, 0.3) is 0 Å². The molecule has 3 heteroatoms. The lowest BCUT2D eigenvalue weighted by molar-refractivity contribution is 0.643. The number of hydrogen-bond acceptors (Lipinski definition) is 1. The van der Waals surface area contributed by atoms with E-state index in [4.69, 9.17) is 11.6 Å². The van der Waals surface area contributed by atoms with E-state index in [9.17, 15) is 0 Å². The topological polar surface area (TPSA) is 17.8 Å². The second-order valence-electron chi connectivity index (χ2n) is 5.05. The highest BCUT2D eigenvalue weighted by Crippen LogP contribution is 2.42. The lowest BCUT2D eigenvalue weighted by atomic mass is 10.1. The summed E-state index contributed by atoms with van der Waals surface area (Å²) in [6.45, 7) is 3.01. The van der Waals surface area contributed by atoms with E-state index in [1.807, 2.05) is 6.20 Å². The van der Waals surface area contributed by atoms with Crippen LogP contribution in [-0.2, 0) is 12.4 Å². The van der Waals surface area contributed by atoms with Gasteiger partial charge in [0.1, 0.15) is 0 Å². The predicted octanol–water partition coefficient (Wildman–Crippen LogP) is 3.86. The van der Waals surface area contributed by atoms with E-state index in [1.165, 1.54) is 35.2 Å². The Bertz CT molecular complexity index is 555. The van der Waals surface area contributed by atoms with Crippen molar-refractivity contribution >= 4 is 11.6 Å². The first-order chi connectivity index (χ1) is 8.79. The van der Waals surface area contributed by atoms with Crippen molar-refractivity contribution in [3.05, 3.63) is 52.8 Å². The molecule has 1 heterocycles. The molecule has 1 aliphatic rings. The molecule has 18 heavy (non-hydrogen) atoms. The molecule has 1 fully saturated rings. The van der Waals surface area contributed by atoms with Gasteiger partial charge in [-0.25, -0.2) is 0 Å². The second kappa shape index (κ2) is 4.77. The number of alkyl halides is 1. The smallest absolute Gasteiger partial charge is 0.0665 e. The van der Waals surface area contributed by atoms with Crippen LogP contribution in [0.4, 0.5) is 0 Å². The molecule has 0 atom stereocenters. The maximum absolute atomic E-state index is 6.00. The summed E-state index contributed by atoms with van der Waals surface area (Å²) in [6, 6.07) is 8.49. The van der Waals surface area contributed by atoms with Gasteiger partial charge in [0.05, 0.1) is 18.6 Å². The van der Waals surface area contributed by atoms with Gasteiger partial charge in [0, 0.05) is 17.2 Å². The molecular formula is C15H17ClN2. The van der Waals surface area contributed by atoms with Crippen molar-refractivity contribution in [2.24, 2.45) is 0 Å². The lowest BCUT2D eigenvalue weighted by Crippen LogP contribution is -2.07. The SMILES string of the molecule is Cc1ccccc1Cn1ncc(CCl)c1C1CC1. The summed E-state index contributed by atoms with van der Waals surface area (Å²) in [6.07, 6.45) is 4.49. The van der Waals surface area contributed by atoms with Crippen LogP contribution in [0.5, 0.6) is 0 Å². The van der Waals surface area contributed by atoms with Crippen molar-refractivity contribution in [1.82, 2.24) is 9.78 Å². The maximum Gasteiger partial charge on any atom is 0.0665 e. The van der Waals surface area contributed by atoms with Gasteiger partial charge in [-0.05, 0) is 30.9 Å². The minimum absolute atomic E-state index is 0.569. The van der Waals surface area contributed by atoms with Crippen LogP contribution in [0.3, 0.4) is 0 Å². The molecule has 2 nitrogen and oxygen atoms in total. The molecule has 0 radical (unpaired) electrons. The van der Waals surface area contributed by atoms with Crippen molar-refractivity contribution < 1.29 is 0 Å². The zero-order chi connectivity index (χ0) is 12.5. The first-order valence-corrected chi connectivity index (χ1v) is 6.98. The maximum atomic E-state index is 6.00. The Labute approximate surface area is 113 Å². The molecule has 0 unspecified atom stereocenters. The molecule has 0 bridgehead atoms. The standard InChI is InChI=1S/C15H17ClN2/c1-11-4-2-3-5-13(11)10-18-15(12-6-7-12)14(8-16)9-17-18/h2-5,9,12H,6-8,10H2,1H3. The average Bonchev–Trinajstić information content (AvgIpc) is 3.14. The van der Waals surface area contributed by atoms with Crippen molar-refractivity contribution in [2.75, 3.05) is 0 Å². The highest BCUT2D eigenvalue weighted by molar-refractivity contribution is 6.17. The monoisotopic (exact) mass is 260 g/mol. The molecule has 2 aromatic rings. The number of nitrogens with zero attached hydrogens (tertiary/aromatic N) is 2. The molecule has 1 saturated carbocycles. The van der Waals surface area contributed by atoms with Gasteiger partial charge < -0.3 is 0 Å². The molecule has 0 spiro atoms. The number of benzene rings is 1. The van der Waals surface area contributed by atoms with Crippen molar-refractivity contribution in [2.45, 2.75) is 38.1 Å². The fourth-order valence-corrected chi connectivity index (χ4v) is 2.65. The Morgan fingerprint density at radius 1 is 1.28 bits per heavy atom. The third-order valence-electron chi connectivity index (χ3n) is 3.65. The zero-order valence-electron chi connectivity index (χ0n) is 10.6. The Morgan fingerprint density at radius 3 is 2.72 bits per heavy atom.